The molecule has 0 unspecified atom stereocenters. The zero-order valence-electron chi connectivity index (χ0n) is 15.1. The van der Waals surface area contributed by atoms with E-state index in [0.29, 0.717) is 23.7 Å². The quantitative estimate of drug-likeness (QED) is 0.624. The van der Waals surface area contributed by atoms with Gasteiger partial charge in [-0.05, 0) is 49.4 Å². The molecule has 0 bridgehead atoms. The van der Waals surface area contributed by atoms with Crippen LogP contribution in [0.1, 0.15) is 17.4 Å². The minimum atomic E-state index is -0.460. The number of benzene rings is 2. The maximum atomic E-state index is 12.5. The standard InChI is InChI=1S/C20H20N2O5/c1-3-26-16-7-4-13-10-18(22-17(13)11-16)20(24)21-14-5-8-15(9-6-14)27-12-19(23)25-2/h4-11,22H,3,12H2,1-2H3,(H,21,24). The van der Waals surface area contributed by atoms with Gasteiger partial charge in [0, 0.05) is 22.7 Å². The fourth-order valence-electron chi connectivity index (χ4n) is 2.52. The van der Waals surface area contributed by atoms with Crippen molar-refractivity contribution in [2.75, 3.05) is 25.6 Å². The van der Waals surface area contributed by atoms with Gasteiger partial charge in [0.2, 0.25) is 0 Å². The average molecular weight is 368 g/mol. The Morgan fingerprint density at radius 2 is 1.74 bits per heavy atom. The molecule has 1 aromatic heterocycles. The average Bonchev–Trinajstić information content (AvgIpc) is 3.11. The Balaban J connectivity index is 1.66. The van der Waals surface area contributed by atoms with Crippen molar-refractivity contribution in [3.8, 4) is 11.5 Å². The van der Waals surface area contributed by atoms with E-state index in [9.17, 15) is 9.59 Å². The highest BCUT2D eigenvalue weighted by Gasteiger charge is 2.11. The third-order valence-corrected chi connectivity index (χ3v) is 3.85. The van der Waals surface area contributed by atoms with Gasteiger partial charge in [0.1, 0.15) is 17.2 Å². The van der Waals surface area contributed by atoms with Crippen LogP contribution in [0.3, 0.4) is 0 Å². The molecule has 0 aliphatic heterocycles. The molecule has 7 heteroatoms. The van der Waals surface area contributed by atoms with Gasteiger partial charge in [0.25, 0.3) is 5.91 Å². The number of carbonyl (C=O) groups is 2. The van der Waals surface area contributed by atoms with Gasteiger partial charge < -0.3 is 24.5 Å². The molecule has 1 amide bonds. The molecule has 7 nitrogen and oxygen atoms in total. The molecule has 2 aromatic carbocycles. The lowest BCUT2D eigenvalue weighted by Crippen LogP contribution is -2.13. The van der Waals surface area contributed by atoms with Crippen molar-refractivity contribution in [3.63, 3.8) is 0 Å². The number of nitrogens with one attached hydrogen (secondary N) is 2. The van der Waals surface area contributed by atoms with Gasteiger partial charge >= 0.3 is 5.97 Å². The molecule has 3 rings (SSSR count). The summed E-state index contributed by atoms with van der Waals surface area (Å²) in [6.07, 6.45) is 0. The first-order valence-electron chi connectivity index (χ1n) is 8.45. The van der Waals surface area contributed by atoms with E-state index in [1.807, 2.05) is 25.1 Å². The normalized spacial score (nSPS) is 10.4. The molecular weight excluding hydrogens is 348 g/mol. The molecular formula is C20H20N2O5. The first kappa shape index (κ1) is 18.3. The van der Waals surface area contributed by atoms with Gasteiger partial charge in [-0.15, -0.1) is 0 Å². The van der Waals surface area contributed by atoms with Crippen LogP contribution in [0.15, 0.2) is 48.5 Å². The second kappa shape index (κ2) is 8.27. The maximum Gasteiger partial charge on any atom is 0.343 e. The fraction of sp³-hybridized carbons (Fsp3) is 0.200. The van der Waals surface area contributed by atoms with Gasteiger partial charge in [-0.3, -0.25) is 4.79 Å². The number of fused-ring (bicyclic) bond motifs is 1. The van der Waals surface area contributed by atoms with Crippen LogP contribution in [0.2, 0.25) is 0 Å². The van der Waals surface area contributed by atoms with Gasteiger partial charge in [-0.1, -0.05) is 0 Å². The monoisotopic (exact) mass is 368 g/mol. The number of methoxy groups -OCH3 is 1. The fourth-order valence-corrected chi connectivity index (χ4v) is 2.52. The number of hydrogen-bond donors (Lipinski definition) is 2. The van der Waals surface area contributed by atoms with Crippen LogP contribution in [-0.2, 0) is 9.53 Å². The zero-order chi connectivity index (χ0) is 19.2. The van der Waals surface area contributed by atoms with Gasteiger partial charge in [-0.2, -0.15) is 0 Å². The maximum absolute atomic E-state index is 12.5. The van der Waals surface area contributed by atoms with Crippen LogP contribution in [0.4, 0.5) is 5.69 Å². The number of aromatic amines is 1. The number of aromatic nitrogens is 1. The first-order chi connectivity index (χ1) is 13.1. The summed E-state index contributed by atoms with van der Waals surface area (Å²) in [5, 5.41) is 3.74. The van der Waals surface area contributed by atoms with Crippen LogP contribution in [0.25, 0.3) is 10.9 Å². The van der Waals surface area contributed by atoms with E-state index >= 15 is 0 Å². The molecule has 140 valence electrons. The van der Waals surface area contributed by atoms with Crippen LogP contribution in [0, 0.1) is 0 Å². The molecule has 2 N–H and O–H groups in total. The molecule has 0 aliphatic carbocycles. The van der Waals surface area contributed by atoms with Crippen molar-refractivity contribution in [1.29, 1.82) is 0 Å². The Kier molecular flexibility index (Phi) is 5.61. The second-order valence-electron chi connectivity index (χ2n) is 5.71. The molecule has 1 heterocycles. The lowest BCUT2D eigenvalue weighted by molar-refractivity contribution is -0.142. The third kappa shape index (κ3) is 4.58. The Morgan fingerprint density at radius 3 is 2.44 bits per heavy atom. The van der Waals surface area contributed by atoms with E-state index < -0.39 is 5.97 Å². The van der Waals surface area contributed by atoms with E-state index in [-0.39, 0.29) is 12.5 Å². The number of H-pyrrole nitrogens is 1. The number of amides is 1. The van der Waals surface area contributed by atoms with E-state index in [4.69, 9.17) is 9.47 Å². The summed E-state index contributed by atoms with van der Waals surface area (Å²) in [4.78, 5) is 26.6. The molecule has 0 aliphatic rings. The molecule has 0 radical (unpaired) electrons. The van der Waals surface area contributed by atoms with Crippen molar-refractivity contribution in [2.24, 2.45) is 0 Å². The highest BCUT2D eigenvalue weighted by Crippen LogP contribution is 2.22. The number of ether oxygens (including phenoxy) is 3. The highest BCUT2D eigenvalue weighted by atomic mass is 16.6. The molecule has 0 fully saturated rings. The third-order valence-electron chi connectivity index (χ3n) is 3.85. The Hall–Kier alpha value is -3.48. The lowest BCUT2D eigenvalue weighted by atomic mass is 10.2. The SMILES string of the molecule is CCOc1ccc2cc(C(=O)Nc3ccc(OCC(=O)OC)cc3)[nH]c2c1. The summed E-state index contributed by atoms with van der Waals surface area (Å²) < 4.78 is 15.3. The largest absolute Gasteiger partial charge is 0.494 e. The summed E-state index contributed by atoms with van der Waals surface area (Å²) in [5.74, 6) is 0.542. The number of rotatable bonds is 7. The first-order valence-corrected chi connectivity index (χ1v) is 8.45. The second-order valence-corrected chi connectivity index (χ2v) is 5.71. The summed E-state index contributed by atoms with van der Waals surface area (Å²) in [6, 6.07) is 14.1. The summed E-state index contributed by atoms with van der Waals surface area (Å²) in [6.45, 7) is 2.34. The predicted molar refractivity (Wildman–Crippen MR) is 101 cm³/mol. The molecule has 0 saturated carbocycles. The van der Waals surface area contributed by atoms with Gasteiger partial charge in [-0.25, -0.2) is 4.79 Å². The number of carbonyl (C=O) groups excluding carboxylic acids is 2. The van der Waals surface area contributed by atoms with Crippen molar-refractivity contribution in [1.82, 2.24) is 4.98 Å². The van der Waals surface area contributed by atoms with Crippen molar-refractivity contribution >= 4 is 28.5 Å². The van der Waals surface area contributed by atoms with Crippen molar-refractivity contribution < 1.29 is 23.8 Å². The Bertz CT molecular complexity index is 947. The molecule has 0 spiro atoms. The summed E-state index contributed by atoms with van der Waals surface area (Å²) in [7, 11) is 1.30. The van der Waals surface area contributed by atoms with Gasteiger partial charge in [0.05, 0.1) is 13.7 Å². The minimum absolute atomic E-state index is 0.166. The predicted octanol–water partition coefficient (Wildman–Crippen LogP) is 3.37. The molecule has 27 heavy (non-hydrogen) atoms. The topological polar surface area (TPSA) is 89.7 Å². The number of hydrogen-bond acceptors (Lipinski definition) is 5. The van der Waals surface area contributed by atoms with E-state index in [2.05, 4.69) is 15.0 Å². The van der Waals surface area contributed by atoms with Crippen LogP contribution in [0.5, 0.6) is 11.5 Å². The van der Waals surface area contributed by atoms with E-state index in [1.54, 1.807) is 30.3 Å². The molecule has 0 atom stereocenters. The van der Waals surface area contributed by atoms with E-state index in [0.717, 1.165) is 16.7 Å². The van der Waals surface area contributed by atoms with Crippen LogP contribution >= 0.6 is 0 Å². The van der Waals surface area contributed by atoms with Crippen molar-refractivity contribution in [2.45, 2.75) is 6.92 Å². The molecule has 0 saturated heterocycles. The highest BCUT2D eigenvalue weighted by molar-refractivity contribution is 6.06. The Labute approximate surface area is 156 Å². The lowest BCUT2D eigenvalue weighted by Gasteiger charge is -2.07. The number of esters is 1. The van der Waals surface area contributed by atoms with Crippen LogP contribution in [-0.4, -0.2) is 37.2 Å². The van der Waals surface area contributed by atoms with Crippen molar-refractivity contribution in [3.05, 3.63) is 54.2 Å². The molecule has 3 aromatic rings. The van der Waals surface area contributed by atoms with Crippen LogP contribution < -0.4 is 14.8 Å². The summed E-state index contributed by atoms with van der Waals surface area (Å²) >= 11 is 0. The Morgan fingerprint density at radius 1 is 1.00 bits per heavy atom. The zero-order valence-corrected chi connectivity index (χ0v) is 15.1. The smallest absolute Gasteiger partial charge is 0.343 e. The summed E-state index contributed by atoms with van der Waals surface area (Å²) in [5.41, 5.74) is 1.89. The minimum Gasteiger partial charge on any atom is -0.494 e. The van der Waals surface area contributed by atoms with Gasteiger partial charge in [0.15, 0.2) is 6.61 Å². The van der Waals surface area contributed by atoms with E-state index in [1.165, 1.54) is 7.11 Å². The number of anilines is 1.